The average Bonchev–Trinajstić information content (AvgIpc) is 3.15. The topological polar surface area (TPSA) is 64.9 Å². The van der Waals surface area contributed by atoms with Crippen LogP contribution < -0.4 is 10.1 Å². The molecule has 3 aromatic rings. The van der Waals surface area contributed by atoms with Crippen molar-refractivity contribution in [1.82, 2.24) is 25.1 Å². The molecule has 6 heteroatoms. The van der Waals surface area contributed by atoms with E-state index in [1.807, 2.05) is 36.7 Å². The van der Waals surface area contributed by atoms with Crippen LogP contribution in [0.4, 0.5) is 0 Å². The van der Waals surface area contributed by atoms with E-state index < -0.39 is 0 Å². The van der Waals surface area contributed by atoms with Crippen LogP contribution >= 0.6 is 0 Å². The van der Waals surface area contributed by atoms with Gasteiger partial charge in [-0.25, -0.2) is 0 Å². The number of pyridine rings is 1. The second-order valence-corrected chi connectivity index (χ2v) is 6.69. The van der Waals surface area contributed by atoms with E-state index in [0.717, 1.165) is 43.3 Å². The van der Waals surface area contributed by atoms with Gasteiger partial charge < -0.3 is 14.6 Å². The second kappa shape index (κ2) is 8.10. The lowest BCUT2D eigenvalue weighted by atomic mass is 9.99. The fourth-order valence-corrected chi connectivity index (χ4v) is 3.30. The van der Waals surface area contributed by atoms with Crippen molar-refractivity contribution in [1.29, 1.82) is 0 Å². The number of benzene rings is 1. The van der Waals surface area contributed by atoms with Gasteiger partial charge >= 0.3 is 0 Å². The Bertz CT molecular complexity index is 833. The minimum atomic E-state index is 0.487. The minimum absolute atomic E-state index is 0.487. The van der Waals surface area contributed by atoms with Crippen LogP contribution in [0.1, 0.15) is 23.5 Å². The fraction of sp³-hybridized carbons (Fsp3) is 0.350. The molecule has 2 aromatic heterocycles. The molecule has 134 valence electrons. The van der Waals surface area contributed by atoms with Crippen LogP contribution in [0, 0.1) is 5.92 Å². The predicted octanol–water partition coefficient (Wildman–Crippen LogP) is 2.60. The van der Waals surface area contributed by atoms with Gasteiger partial charge in [0.2, 0.25) is 0 Å². The van der Waals surface area contributed by atoms with Gasteiger partial charge in [0.15, 0.2) is 0 Å². The molecule has 0 aliphatic carbocycles. The zero-order valence-corrected chi connectivity index (χ0v) is 14.7. The maximum Gasteiger partial charge on any atom is 0.132 e. The summed E-state index contributed by atoms with van der Waals surface area (Å²) in [6.45, 7) is 3.33. The first-order valence-electron chi connectivity index (χ1n) is 9.06. The first-order valence-corrected chi connectivity index (χ1v) is 9.06. The van der Waals surface area contributed by atoms with Gasteiger partial charge in [-0.3, -0.25) is 4.98 Å². The normalized spacial score (nSPS) is 16.2. The van der Waals surface area contributed by atoms with Crippen molar-refractivity contribution >= 4 is 0 Å². The number of nitrogens with zero attached hydrogens (tertiary/aromatic N) is 4. The van der Waals surface area contributed by atoms with E-state index in [4.69, 9.17) is 4.74 Å². The Kier molecular flexibility index (Phi) is 5.21. The monoisotopic (exact) mass is 349 g/mol. The number of aryl methyl sites for hydroxylation is 1. The number of fused-ring (bicyclic) bond motifs is 1. The molecular weight excluding hydrogens is 326 g/mol. The summed E-state index contributed by atoms with van der Waals surface area (Å²) in [4.78, 5) is 4.28. The molecule has 0 radical (unpaired) electrons. The SMILES string of the molecule is c1ccc(COc2cccc(CNC[C@H]3CCc4nncn4C3)c2)nc1. The summed E-state index contributed by atoms with van der Waals surface area (Å²) < 4.78 is 8.02. The van der Waals surface area contributed by atoms with Crippen LogP contribution in [-0.4, -0.2) is 26.3 Å². The van der Waals surface area contributed by atoms with Gasteiger partial charge in [-0.1, -0.05) is 18.2 Å². The molecule has 0 unspecified atom stereocenters. The molecule has 1 aliphatic heterocycles. The molecule has 0 saturated carbocycles. The summed E-state index contributed by atoms with van der Waals surface area (Å²) in [5.41, 5.74) is 2.16. The molecule has 26 heavy (non-hydrogen) atoms. The van der Waals surface area contributed by atoms with Gasteiger partial charge in [0.1, 0.15) is 24.5 Å². The molecule has 0 spiro atoms. The van der Waals surface area contributed by atoms with Crippen molar-refractivity contribution in [2.45, 2.75) is 32.5 Å². The van der Waals surface area contributed by atoms with Crippen LogP contribution in [0.15, 0.2) is 55.0 Å². The second-order valence-electron chi connectivity index (χ2n) is 6.69. The van der Waals surface area contributed by atoms with Gasteiger partial charge in [-0.15, -0.1) is 10.2 Å². The molecule has 6 nitrogen and oxygen atoms in total. The third-order valence-electron chi connectivity index (χ3n) is 4.70. The average molecular weight is 349 g/mol. The minimum Gasteiger partial charge on any atom is -0.487 e. The summed E-state index contributed by atoms with van der Waals surface area (Å²) in [5, 5.41) is 11.7. The van der Waals surface area contributed by atoms with E-state index in [1.165, 1.54) is 12.0 Å². The van der Waals surface area contributed by atoms with E-state index in [2.05, 4.69) is 37.2 Å². The van der Waals surface area contributed by atoms with Gasteiger partial charge in [-0.2, -0.15) is 0 Å². The highest BCUT2D eigenvalue weighted by Gasteiger charge is 2.18. The van der Waals surface area contributed by atoms with E-state index in [-0.39, 0.29) is 0 Å². The molecule has 1 N–H and O–H groups in total. The smallest absolute Gasteiger partial charge is 0.132 e. The first kappa shape index (κ1) is 16.7. The van der Waals surface area contributed by atoms with Crippen molar-refractivity contribution in [2.24, 2.45) is 5.92 Å². The van der Waals surface area contributed by atoms with Crippen LogP contribution in [-0.2, 0) is 26.1 Å². The number of rotatable bonds is 7. The highest BCUT2D eigenvalue weighted by Crippen LogP contribution is 2.18. The molecule has 1 aromatic carbocycles. The Morgan fingerprint density at radius 2 is 2.19 bits per heavy atom. The fourth-order valence-electron chi connectivity index (χ4n) is 3.30. The maximum absolute atomic E-state index is 5.85. The van der Waals surface area contributed by atoms with Crippen molar-refractivity contribution in [3.05, 3.63) is 72.1 Å². The van der Waals surface area contributed by atoms with Gasteiger partial charge in [-0.05, 0) is 48.7 Å². The van der Waals surface area contributed by atoms with Crippen molar-refractivity contribution in [3.8, 4) is 5.75 Å². The molecule has 0 bridgehead atoms. The number of hydrogen-bond donors (Lipinski definition) is 1. The quantitative estimate of drug-likeness (QED) is 0.710. The molecular formula is C20H23N5O. The zero-order chi connectivity index (χ0) is 17.6. The number of ether oxygens (including phenoxy) is 1. The van der Waals surface area contributed by atoms with Crippen LogP contribution in [0.25, 0.3) is 0 Å². The number of nitrogens with one attached hydrogen (secondary N) is 1. The summed E-state index contributed by atoms with van der Waals surface area (Å²) in [5.74, 6) is 2.61. The molecule has 4 rings (SSSR count). The van der Waals surface area contributed by atoms with Crippen LogP contribution in [0.5, 0.6) is 5.75 Å². The lowest BCUT2D eigenvalue weighted by Crippen LogP contribution is -2.29. The zero-order valence-electron chi connectivity index (χ0n) is 14.7. The Hall–Kier alpha value is -2.73. The Morgan fingerprint density at radius 1 is 1.19 bits per heavy atom. The number of hydrogen-bond acceptors (Lipinski definition) is 5. The van der Waals surface area contributed by atoms with Crippen LogP contribution in [0.2, 0.25) is 0 Å². The van der Waals surface area contributed by atoms with Crippen LogP contribution in [0.3, 0.4) is 0 Å². The third kappa shape index (κ3) is 4.26. The molecule has 0 fully saturated rings. The lowest BCUT2D eigenvalue weighted by Gasteiger charge is -2.23. The molecule has 0 saturated heterocycles. The van der Waals surface area contributed by atoms with E-state index in [0.29, 0.717) is 12.5 Å². The molecule has 0 amide bonds. The van der Waals surface area contributed by atoms with Crippen molar-refractivity contribution in [3.63, 3.8) is 0 Å². The van der Waals surface area contributed by atoms with E-state index >= 15 is 0 Å². The standard InChI is InChI=1S/C20H23N5O/c1-2-9-22-18(5-1)14-26-19-6-3-4-16(10-19)11-21-12-17-7-8-20-24-23-15-25(20)13-17/h1-6,9-10,15,17,21H,7-8,11-14H2/t17-/m1/s1. The van der Waals surface area contributed by atoms with Gasteiger partial charge in [0, 0.05) is 25.7 Å². The summed E-state index contributed by atoms with van der Waals surface area (Å²) in [6, 6.07) is 14.1. The highest BCUT2D eigenvalue weighted by molar-refractivity contribution is 5.28. The van der Waals surface area contributed by atoms with Gasteiger partial charge in [0.25, 0.3) is 0 Å². The Morgan fingerprint density at radius 3 is 3.12 bits per heavy atom. The third-order valence-corrected chi connectivity index (χ3v) is 4.70. The maximum atomic E-state index is 5.85. The summed E-state index contributed by atoms with van der Waals surface area (Å²) in [7, 11) is 0. The lowest BCUT2D eigenvalue weighted by molar-refractivity contribution is 0.301. The predicted molar refractivity (Wildman–Crippen MR) is 98.6 cm³/mol. The summed E-state index contributed by atoms with van der Waals surface area (Å²) in [6.07, 6.45) is 5.80. The molecule has 1 aliphatic rings. The molecule has 1 atom stereocenters. The van der Waals surface area contributed by atoms with Gasteiger partial charge in [0.05, 0.1) is 5.69 Å². The first-order chi connectivity index (χ1) is 12.9. The van der Waals surface area contributed by atoms with E-state index in [1.54, 1.807) is 6.20 Å². The van der Waals surface area contributed by atoms with E-state index in [9.17, 15) is 0 Å². The highest BCUT2D eigenvalue weighted by atomic mass is 16.5. The van der Waals surface area contributed by atoms with Crippen molar-refractivity contribution < 1.29 is 4.74 Å². The van der Waals surface area contributed by atoms with Crippen molar-refractivity contribution in [2.75, 3.05) is 6.54 Å². The Balaban J connectivity index is 1.25. The number of aromatic nitrogens is 4. The Labute approximate surface area is 153 Å². The summed E-state index contributed by atoms with van der Waals surface area (Å²) >= 11 is 0. The largest absolute Gasteiger partial charge is 0.487 e. The molecule has 3 heterocycles.